The number of nitrogens with zero attached hydrogens (tertiary/aromatic N) is 4. The number of rotatable bonds is 7. The highest BCUT2D eigenvalue weighted by molar-refractivity contribution is 6.32. The molecule has 0 unspecified atom stereocenters. The van der Waals surface area contributed by atoms with Gasteiger partial charge in [-0.3, -0.25) is 9.78 Å². The van der Waals surface area contributed by atoms with Crippen LogP contribution in [0.15, 0.2) is 67.6 Å². The van der Waals surface area contributed by atoms with Crippen LogP contribution in [0.25, 0.3) is 16.5 Å². The minimum absolute atomic E-state index is 0.113. The topological polar surface area (TPSA) is 106 Å². The zero-order valence-electron chi connectivity index (χ0n) is 23.1. The van der Waals surface area contributed by atoms with Gasteiger partial charge in [0.15, 0.2) is 0 Å². The zero-order chi connectivity index (χ0) is 29.0. The SMILES string of the molecule is C=C(C(N)=O)c1cc2c(Nc3ccc(OCc4ccccn4)c(Cl)c3)ncnc2cc1C#CC1(C)CCN(C)CC1. The van der Waals surface area contributed by atoms with Gasteiger partial charge in [-0.2, -0.15) is 0 Å². The number of nitrogens with one attached hydrogen (secondary N) is 1. The predicted octanol–water partition coefficient (Wildman–Crippen LogP) is 5.58. The third-order valence-corrected chi connectivity index (χ3v) is 7.58. The van der Waals surface area contributed by atoms with Crippen LogP contribution >= 0.6 is 11.6 Å². The van der Waals surface area contributed by atoms with Gasteiger partial charge in [-0.05, 0) is 82.4 Å². The smallest absolute Gasteiger partial charge is 0.248 e. The summed E-state index contributed by atoms with van der Waals surface area (Å²) in [7, 11) is 2.12. The van der Waals surface area contributed by atoms with E-state index in [1.54, 1.807) is 18.3 Å². The van der Waals surface area contributed by atoms with Crippen molar-refractivity contribution < 1.29 is 9.53 Å². The van der Waals surface area contributed by atoms with Crippen LogP contribution in [0.3, 0.4) is 0 Å². The lowest BCUT2D eigenvalue weighted by Gasteiger charge is -2.33. The van der Waals surface area contributed by atoms with E-state index in [1.807, 2.05) is 36.4 Å². The summed E-state index contributed by atoms with van der Waals surface area (Å²) in [6, 6.07) is 14.7. The Bertz CT molecular complexity index is 1670. The highest BCUT2D eigenvalue weighted by atomic mass is 35.5. The van der Waals surface area contributed by atoms with E-state index in [0.717, 1.165) is 31.6 Å². The molecule has 5 rings (SSSR count). The van der Waals surface area contributed by atoms with Crippen molar-refractivity contribution in [2.24, 2.45) is 11.1 Å². The van der Waals surface area contributed by atoms with Crippen LogP contribution in [-0.2, 0) is 11.4 Å². The Morgan fingerprint density at radius 3 is 2.68 bits per heavy atom. The van der Waals surface area contributed by atoms with Gasteiger partial charge in [0.1, 0.15) is 24.5 Å². The number of halogens is 1. The fourth-order valence-electron chi connectivity index (χ4n) is 4.61. The lowest BCUT2D eigenvalue weighted by atomic mass is 9.81. The van der Waals surface area contributed by atoms with Gasteiger partial charge in [0.2, 0.25) is 5.91 Å². The van der Waals surface area contributed by atoms with Crippen LogP contribution in [-0.4, -0.2) is 45.9 Å². The number of anilines is 2. The molecule has 208 valence electrons. The van der Waals surface area contributed by atoms with Crippen molar-refractivity contribution in [2.45, 2.75) is 26.4 Å². The van der Waals surface area contributed by atoms with E-state index in [-0.39, 0.29) is 11.0 Å². The molecule has 0 spiro atoms. The lowest BCUT2D eigenvalue weighted by molar-refractivity contribution is -0.112. The molecule has 1 fully saturated rings. The third-order valence-electron chi connectivity index (χ3n) is 7.28. The Kier molecular flexibility index (Phi) is 8.20. The molecule has 1 saturated heterocycles. The molecule has 3 N–H and O–H groups in total. The van der Waals surface area contributed by atoms with Gasteiger partial charge < -0.3 is 20.7 Å². The first-order valence-corrected chi connectivity index (χ1v) is 13.7. The maximum Gasteiger partial charge on any atom is 0.248 e. The number of benzene rings is 2. The molecule has 1 aliphatic rings. The van der Waals surface area contributed by atoms with Crippen molar-refractivity contribution >= 4 is 45.5 Å². The number of likely N-dealkylation sites (tertiary alicyclic amines) is 1. The van der Waals surface area contributed by atoms with Crippen LogP contribution < -0.4 is 15.8 Å². The Hall–Kier alpha value is -4.45. The van der Waals surface area contributed by atoms with Gasteiger partial charge in [-0.1, -0.05) is 36.1 Å². The number of nitrogens with two attached hydrogens (primary N) is 1. The molecular formula is C32H31ClN6O2. The monoisotopic (exact) mass is 566 g/mol. The summed E-state index contributed by atoms with van der Waals surface area (Å²) in [5.41, 5.74) is 9.10. The molecule has 1 amide bonds. The molecule has 4 aromatic rings. The van der Waals surface area contributed by atoms with E-state index in [0.29, 0.717) is 50.9 Å². The van der Waals surface area contributed by atoms with E-state index in [9.17, 15) is 4.79 Å². The van der Waals surface area contributed by atoms with Crippen molar-refractivity contribution in [1.82, 2.24) is 19.9 Å². The number of pyridine rings is 1. The zero-order valence-corrected chi connectivity index (χ0v) is 23.8. The van der Waals surface area contributed by atoms with Crippen molar-refractivity contribution in [3.05, 3.63) is 89.5 Å². The minimum atomic E-state index is -0.614. The maximum atomic E-state index is 12.2. The van der Waals surface area contributed by atoms with Crippen LogP contribution in [0.4, 0.5) is 11.5 Å². The van der Waals surface area contributed by atoms with Crippen LogP contribution in [0.1, 0.15) is 36.6 Å². The standard InChI is InChI=1S/C32H31ClN6O2/c1-21(30(34)40)25-18-26-28(16-22(25)9-10-32(2)11-14-39(3)15-12-32)36-20-37-31(26)38-23-7-8-29(27(33)17-23)41-19-24-6-4-5-13-35-24/h4-8,13,16-18,20H,1,11-12,14-15,19H2,2-3H3,(H2,34,40)(H,36,37,38). The van der Waals surface area contributed by atoms with Crippen LogP contribution in [0.2, 0.25) is 5.02 Å². The highest BCUT2D eigenvalue weighted by Crippen LogP contribution is 2.33. The Morgan fingerprint density at radius 2 is 1.98 bits per heavy atom. The first-order valence-electron chi connectivity index (χ1n) is 13.3. The lowest BCUT2D eigenvalue weighted by Crippen LogP contribution is -2.35. The van der Waals surface area contributed by atoms with Gasteiger partial charge >= 0.3 is 0 Å². The fourth-order valence-corrected chi connectivity index (χ4v) is 4.85. The highest BCUT2D eigenvalue weighted by Gasteiger charge is 2.27. The summed E-state index contributed by atoms with van der Waals surface area (Å²) in [5.74, 6) is 7.24. The summed E-state index contributed by atoms with van der Waals surface area (Å²) in [5, 5.41) is 4.43. The van der Waals surface area contributed by atoms with E-state index in [4.69, 9.17) is 22.1 Å². The predicted molar refractivity (Wildman–Crippen MR) is 163 cm³/mol. The summed E-state index contributed by atoms with van der Waals surface area (Å²) in [6.45, 7) is 8.41. The minimum Gasteiger partial charge on any atom is -0.486 e. The molecular weight excluding hydrogens is 536 g/mol. The molecule has 9 heteroatoms. The number of amides is 1. The van der Waals surface area contributed by atoms with Gasteiger partial charge in [0.25, 0.3) is 0 Å². The van der Waals surface area contributed by atoms with Crippen molar-refractivity contribution in [2.75, 3.05) is 25.5 Å². The van der Waals surface area contributed by atoms with E-state index in [1.165, 1.54) is 6.33 Å². The average molecular weight is 567 g/mol. The summed E-state index contributed by atoms with van der Waals surface area (Å²) in [4.78, 5) is 27.7. The summed E-state index contributed by atoms with van der Waals surface area (Å²) in [6.07, 6.45) is 5.15. The maximum absolute atomic E-state index is 12.2. The number of fused-ring (bicyclic) bond motifs is 1. The van der Waals surface area contributed by atoms with Gasteiger partial charge in [0.05, 0.1) is 16.2 Å². The molecule has 41 heavy (non-hydrogen) atoms. The normalized spacial score (nSPS) is 14.6. The third kappa shape index (κ3) is 6.65. The fraction of sp³-hybridized carbons (Fsp3) is 0.250. The number of piperidine rings is 1. The average Bonchev–Trinajstić information content (AvgIpc) is 2.97. The molecule has 2 aromatic heterocycles. The Morgan fingerprint density at radius 1 is 1.17 bits per heavy atom. The Balaban J connectivity index is 1.44. The molecule has 0 radical (unpaired) electrons. The van der Waals surface area contributed by atoms with Crippen molar-refractivity contribution in [3.63, 3.8) is 0 Å². The van der Waals surface area contributed by atoms with E-state index < -0.39 is 5.91 Å². The number of ether oxygens (including phenoxy) is 1. The van der Waals surface area contributed by atoms with E-state index >= 15 is 0 Å². The van der Waals surface area contributed by atoms with Crippen molar-refractivity contribution in [1.29, 1.82) is 0 Å². The first-order chi connectivity index (χ1) is 19.7. The van der Waals surface area contributed by atoms with E-state index in [2.05, 4.69) is 57.6 Å². The number of hydrogen-bond donors (Lipinski definition) is 2. The number of carbonyl (C=O) groups excluding carboxylic acids is 1. The number of aromatic nitrogens is 3. The number of carbonyl (C=O) groups is 1. The molecule has 0 saturated carbocycles. The second-order valence-corrected chi connectivity index (χ2v) is 10.9. The second-order valence-electron chi connectivity index (χ2n) is 10.5. The molecule has 8 nitrogen and oxygen atoms in total. The largest absolute Gasteiger partial charge is 0.486 e. The number of primary amides is 1. The molecule has 3 heterocycles. The summed E-state index contributed by atoms with van der Waals surface area (Å²) < 4.78 is 5.84. The van der Waals surface area contributed by atoms with Crippen LogP contribution in [0.5, 0.6) is 5.75 Å². The second kappa shape index (κ2) is 12.0. The number of hydrogen-bond acceptors (Lipinski definition) is 7. The molecule has 0 atom stereocenters. The molecule has 2 aromatic carbocycles. The van der Waals surface area contributed by atoms with Crippen LogP contribution in [0, 0.1) is 17.3 Å². The molecule has 0 bridgehead atoms. The first kappa shape index (κ1) is 28.1. The van der Waals surface area contributed by atoms with Gasteiger partial charge in [0, 0.05) is 39.4 Å². The molecule has 1 aliphatic heterocycles. The van der Waals surface area contributed by atoms with Gasteiger partial charge in [-0.15, -0.1) is 0 Å². The summed E-state index contributed by atoms with van der Waals surface area (Å²) >= 11 is 6.52. The van der Waals surface area contributed by atoms with Crippen molar-refractivity contribution in [3.8, 4) is 17.6 Å². The quantitative estimate of drug-likeness (QED) is 0.222. The van der Waals surface area contributed by atoms with Gasteiger partial charge in [-0.25, -0.2) is 9.97 Å². The molecule has 0 aliphatic carbocycles. The Labute approximate surface area is 244 Å².